The van der Waals surface area contributed by atoms with Gasteiger partial charge in [0.2, 0.25) is 0 Å². The molecule has 1 aromatic carbocycles. The molecule has 1 saturated carbocycles. The molecule has 0 aliphatic heterocycles. The minimum absolute atomic E-state index is 0.167. The molecule has 0 amide bonds. The second-order valence-corrected chi connectivity index (χ2v) is 5.87. The van der Waals surface area contributed by atoms with Crippen molar-refractivity contribution in [2.75, 3.05) is 13.2 Å². The molecule has 1 fully saturated rings. The summed E-state index contributed by atoms with van der Waals surface area (Å²) in [6.07, 6.45) is 6.26. The van der Waals surface area contributed by atoms with Gasteiger partial charge in [-0.15, -0.1) is 0 Å². The zero-order chi connectivity index (χ0) is 15.2. The average Bonchev–Trinajstić information content (AvgIpc) is 3.05. The Morgan fingerprint density at radius 1 is 1.14 bits per heavy atom. The van der Waals surface area contributed by atoms with Crippen molar-refractivity contribution in [3.8, 4) is 11.5 Å². The molecule has 0 bridgehead atoms. The molecule has 0 unspecified atom stereocenters. The molecule has 3 rings (SSSR count). The molecule has 1 N–H and O–H groups in total. The summed E-state index contributed by atoms with van der Waals surface area (Å²) in [4.78, 5) is 6.79. The van der Waals surface area contributed by atoms with Gasteiger partial charge in [-0.3, -0.25) is 4.90 Å². The average molecular weight is 301 g/mol. The van der Waals surface area contributed by atoms with Crippen molar-refractivity contribution in [2.45, 2.75) is 44.7 Å². The normalized spacial score (nSPS) is 16.3. The fourth-order valence-electron chi connectivity index (χ4n) is 3.16. The number of rotatable bonds is 6. The lowest BCUT2D eigenvalue weighted by atomic mass is 9.94. The molecule has 118 valence electrons. The van der Waals surface area contributed by atoms with Gasteiger partial charge in [0.05, 0.1) is 13.2 Å². The zero-order valence-electron chi connectivity index (χ0n) is 12.8. The van der Waals surface area contributed by atoms with Crippen LogP contribution in [0, 0.1) is 0 Å². The van der Waals surface area contributed by atoms with Crippen molar-refractivity contribution >= 4 is 0 Å². The SMILES string of the molecule is OCCN(Cc1noc(-c2ccccc2)n1)C1CCCCC1. The molecule has 22 heavy (non-hydrogen) atoms. The molecule has 1 heterocycles. The molecule has 0 spiro atoms. The Morgan fingerprint density at radius 3 is 2.64 bits per heavy atom. The van der Waals surface area contributed by atoms with Crippen LogP contribution in [0.3, 0.4) is 0 Å². The quantitative estimate of drug-likeness (QED) is 0.889. The third-order valence-corrected chi connectivity index (χ3v) is 4.31. The number of aliphatic hydroxyl groups is 1. The highest BCUT2D eigenvalue weighted by molar-refractivity contribution is 5.51. The molecule has 5 heteroatoms. The van der Waals surface area contributed by atoms with Crippen LogP contribution in [0.1, 0.15) is 37.9 Å². The van der Waals surface area contributed by atoms with Crippen molar-refractivity contribution in [3.63, 3.8) is 0 Å². The minimum atomic E-state index is 0.167. The van der Waals surface area contributed by atoms with E-state index in [1.54, 1.807) is 0 Å². The summed E-state index contributed by atoms with van der Waals surface area (Å²) in [5, 5.41) is 13.4. The first kappa shape index (κ1) is 15.2. The van der Waals surface area contributed by atoms with Gasteiger partial charge in [0.1, 0.15) is 0 Å². The van der Waals surface area contributed by atoms with Crippen LogP contribution in [0.4, 0.5) is 0 Å². The van der Waals surface area contributed by atoms with Crippen LogP contribution >= 0.6 is 0 Å². The van der Waals surface area contributed by atoms with Crippen molar-refractivity contribution in [1.82, 2.24) is 15.0 Å². The van der Waals surface area contributed by atoms with Gasteiger partial charge in [-0.25, -0.2) is 0 Å². The third kappa shape index (κ3) is 3.72. The lowest BCUT2D eigenvalue weighted by Crippen LogP contribution is -2.38. The highest BCUT2D eigenvalue weighted by Gasteiger charge is 2.22. The first-order chi connectivity index (χ1) is 10.9. The number of aliphatic hydroxyl groups excluding tert-OH is 1. The standard InChI is InChI=1S/C17H23N3O2/c21-12-11-20(15-9-5-2-6-10-15)13-16-18-17(22-19-16)14-7-3-1-4-8-14/h1,3-4,7-8,15,21H,2,5-6,9-13H2. The maximum atomic E-state index is 9.32. The second kappa shape index (κ2) is 7.51. The fourth-order valence-corrected chi connectivity index (χ4v) is 3.16. The lowest BCUT2D eigenvalue weighted by Gasteiger charge is -2.32. The summed E-state index contributed by atoms with van der Waals surface area (Å²) < 4.78 is 5.37. The Morgan fingerprint density at radius 2 is 1.91 bits per heavy atom. The van der Waals surface area contributed by atoms with Crippen LogP contribution in [-0.4, -0.2) is 39.3 Å². The molecular formula is C17H23N3O2. The van der Waals surface area contributed by atoms with Gasteiger partial charge in [-0.1, -0.05) is 42.6 Å². The van der Waals surface area contributed by atoms with E-state index in [1.807, 2.05) is 30.3 Å². The minimum Gasteiger partial charge on any atom is -0.395 e. The van der Waals surface area contributed by atoms with E-state index in [0.717, 1.165) is 5.56 Å². The summed E-state index contributed by atoms with van der Waals surface area (Å²) in [5.41, 5.74) is 0.938. The van der Waals surface area contributed by atoms with Gasteiger partial charge in [-0.2, -0.15) is 4.98 Å². The van der Waals surface area contributed by atoms with E-state index in [0.29, 0.717) is 30.8 Å². The Hall–Kier alpha value is -1.72. The van der Waals surface area contributed by atoms with Gasteiger partial charge in [0, 0.05) is 18.2 Å². The van der Waals surface area contributed by atoms with E-state index in [-0.39, 0.29) is 6.61 Å². The summed E-state index contributed by atoms with van der Waals surface area (Å²) in [5.74, 6) is 1.25. The van der Waals surface area contributed by atoms with Crippen LogP contribution in [0.15, 0.2) is 34.9 Å². The Bertz CT molecular complexity index is 564. The molecule has 2 aromatic rings. The second-order valence-electron chi connectivity index (χ2n) is 5.87. The van der Waals surface area contributed by atoms with Crippen LogP contribution in [0.25, 0.3) is 11.5 Å². The highest BCUT2D eigenvalue weighted by atomic mass is 16.5. The molecule has 5 nitrogen and oxygen atoms in total. The fraction of sp³-hybridized carbons (Fsp3) is 0.529. The maximum absolute atomic E-state index is 9.32. The Kier molecular flexibility index (Phi) is 5.19. The zero-order valence-corrected chi connectivity index (χ0v) is 12.8. The number of aromatic nitrogens is 2. The molecule has 0 radical (unpaired) electrons. The van der Waals surface area contributed by atoms with Crippen molar-refractivity contribution in [1.29, 1.82) is 0 Å². The van der Waals surface area contributed by atoms with E-state index < -0.39 is 0 Å². The number of hydrogen-bond acceptors (Lipinski definition) is 5. The highest BCUT2D eigenvalue weighted by Crippen LogP contribution is 2.24. The first-order valence-corrected chi connectivity index (χ1v) is 8.10. The Labute approximate surface area is 131 Å². The van der Waals surface area contributed by atoms with E-state index in [1.165, 1.54) is 32.1 Å². The van der Waals surface area contributed by atoms with Gasteiger partial charge in [0.15, 0.2) is 5.82 Å². The molecule has 1 aliphatic rings. The van der Waals surface area contributed by atoms with E-state index >= 15 is 0 Å². The summed E-state index contributed by atoms with van der Waals surface area (Å²) in [6, 6.07) is 10.3. The van der Waals surface area contributed by atoms with Gasteiger partial charge in [0.25, 0.3) is 5.89 Å². The van der Waals surface area contributed by atoms with Crippen LogP contribution in [-0.2, 0) is 6.54 Å². The topological polar surface area (TPSA) is 62.4 Å². The van der Waals surface area contributed by atoms with Crippen LogP contribution in [0.2, 0.25) is 0 Å². The number of nitrogens with zero attached hydrogens (tertiary/aromatic N) is 3. The van der Waals surface area contributed by atoms with Crippen molar-refractivity contribution < 1.29 is 9.63 Å². The molecular weight excluding hydrogens is 278 g/mol. The van der Waals surface area contributed by atoms with Crippen molar-refractivity contribution in [3.05, 3.63) is 36.2 Å². The van der Waals surface area contributed by atoms with Crippen molar-refractivity contribution in [2.24, 2.45) is 0 Å². The first-order valence-electron chi connectivity index (χ1n) is 8.10. The predicted molar refractivity (Wildman–Crippen MR) is 84.1 cm³/mol. The summed E-state index contributed by atoms with van der Waals surface area (Å²) >= 11 is 0. The van der Waals surface area contributed by atoms with Gasteiger partial charge >= 0.3 is 0 Å². The molecule has 0 saturated heterocycles. The molecule has 0 atom stereocenters. The summed E-state index contributed by atoms with van der Waals surface area (Å²) in [7, 11) is 0. The Balaban J connectivity index is 1.69. The smallest absolute Gasteiger partial charge is 0.257 e. The summed E-state index contributed by atoms with van der Waals surface area (Å²) in [6.45, 7) is 1.47. The number of hydrogen-bond donors (Lipinski definition) is 1. The largest absolute Gasteiger partial charge is 0.395 e. The van der Waals surface area contributed by atoms with E-state index in [2.05, 4.69) is 15.0 Å². The van der Waals surface area contributed by atoms with E-state index in [4.69, 9.17) is 4.52 Å². The number of benzene rings is 1. The predicted octanol–water partition coefficient (Wildman–Crippen LogP) is 2.86. The van der Waals surface area contributed by atoms with Crippen LogP contribution < -0.4 is 0 Å². The lowest BCUT2D eigenvalue weighted by molar-refractivity contribution is 0.113. The van der Waals surface area contributed by atoms with E-state index in [9.17, 15) is 5.11 Å². The molecule has 1 aliphatic carbocycles. The van der Waals surface area contributed by atoms with Crippen LogP contribution in [0.5, 0.6) is 0 Å². The van der Waals surface area contributed by atoms with Gasteiger partial charge in [-0.05, 0) is 25.0 Å². The maximum Gasteiger partial charge on any atom is 0.257 e. The van der Waals surface area contributed by atoms with Gasteiger partial charge < -0.3 is 9.63 Å². The molecule has 1 aromatic heterocycles. The third-order valence-electron chi connectivity index (χ3n) is 4.31. The monoisotopic (exact) mass is 301 g/mol.